The van der Waals surface area contributed by atoms with Crippen LogP contribution < -0.4 is 4.74 Å². The van der Waals surface area contributed by atoms with Gasteiger partial charge in [-0.05, 0) is 30.7 Å². The van der Waals surface area contributed by atoms with E-state index in [1.54, 1.807) is 19.4 Å². The molecule has 3 heteroatoms. The van der Waals surface area contributed by atoms with Crippen molar-refractivity contribution >= 4 is 10.9 Å². The summed E-state index contributed by atoms with van der Waals surface area (Å²) in [7, 11) is 1.56. The molecule has 2 rings (SSSR count). The Balaban J connectivity index is 2.93. The number of hydrogen-bond donors (Lipinski definition) is 0. The van der Waals surface area contributed by atoms with Crippen molar-refractivity contribution in [3.63, 3.8) is 0 Å². The van der Waals surface area contributed by atoms with E-state index in [2.05, 4.69) is 11.1 Å². The van der Waals surface area contributed by atoms with Crippen molar-refractivity contribution in [2.45, 2.75) is 6.92 Å². The molecule has 0 atom stereocenters. The summed E-state index contributed by atoms with van der Waals surface area (Å²) >= 11 is 0. The number of aryl methyl sites for hydroxylation is 1. The summed E-state index contributed by atoms with van der Waals surface area (Å²) in [6, 6.07) is 7.69. The molecule has 0 radical (unpaired) electrons. The fraction of sp³-hybridized carbons (Fsp3) is 0.167. The van der Waals surface area contributed by atoms with Gasteiger partial charge in [0.1, 0.15) is 17.4 Å². The molecule has 0 aliphatic carbocycles. The van der Waals surface area contributed by atoms with E-state index >= 15 is 0 Å². The largest absolute Gasteiger partial charge is 0.495 e. The number of aromatic nitrogens is 1. The van der Waals surface area contributed by atoms with Gasteiger partial charge in [0.25, 0.3) is 0 Å². The minimum absolute atomic E-state index is 0.556. The Hall–Kier alpha value is -2.08. The first kappa shape index (κ1) is 9.47. The molecule has 1 heterocycles. The summed E-state index contributed by atoms with van der Waals surface area (Å²) in [5.41, 5.74) is 2.42. The van der Waals surface area contributed by atoms with Gasteiger partial charge in [-0.1, -0.05) is 0 Å². The molecule has 0 saturated carbocycles. The smallest absolute Gasteiger partial charge is 0.137 e. The van der Waals surface area contributed by atoms with Crippen molar-refractivity contribution in [3.8, 4) is 11.8 Å². The van der Waals surface area contributed by atoms with E-state index in [-0.39, 0.29) is 0 Å². The van der Waals surface area contributed by atoms with E-state index in [0.29, 0.717) is 11.3 Å². The number of rotatable bonds is 1. The lowest BCUT2D eigenvalue weighted by molar-refractivity contribution is 0.414. The van der Waals surface area contributed by atoms with Crippen LogP contribution in [0.2, 0.25) is 0 Å². The zero-order valence-electron chi connectivity index (χ0n) is 8.61. The quantitative estimate of drug-likeness (QED) is 0.706. The number of hydrogen-bond acceptors (Lipinski definition) is 3. The van der Waals surface area contributed by atoms with Crippen molar-refractivity contribution in [1.29, 1.82) is 5.26 Å². The number of ether oxygens (including phenoxy) is 1. The van der Waals surface area contributed by atoms with Crippen molar-refractivity contribution in [3.05, 3.63) is 35.5 Å². The molecule has 15 heavy (non-hydrogen) atoms. The number of nitrogens with zero attached hydrogens (tertiary/aromatic N) is 2. The molecule has 0 fully saturated rings. The van der Waals surface area contributed by atoms with E-state index in [9.17, 15) is 0 Å². The zero-order chi connectivity index (χ0) is 10.8. The molecule has 74 valence electrons. The van der Waals surface area contributed by atoms with Crippen LogP contribution in [0, 0.1) is 18.3 Å². The molecule has 0 spiro atoms. The normalized spacial score (nSPS) is 9.93. The highest BCUT2D eigenvalue weighted by atomic mass is 16.5. The van der Waals surface area contributed by atoms with Gasteiger partial charge in [-0.2, -0.15) is 5.26 Å². The second-order valence-corrected chi connectivity index (χ2v) is 3.28. The highest BCUT2D eigenvalue weighted by Gasteiger charge is 2.09. The van der Waals surface area contributed by atoms with E-state index in [1.807, 2.05) is 19.1 Å². The Bertz CT molecular complexity index is 555. The Labute approximate surface area is 87.9 Å². The Kier molecular flexibility index (Phi) is 2.26. The van der Waals surface area contributed by atoms with Gasteiger partial charge in [-0.3, -0.25) is 4.98 Å². The number of pyridine rings is 1. The van der Waals surface area contributed by atoms with Crippen molar-refractivity contribution in [2.24, 2.45) is 0 Å². The number of methoxy groups -OCH3 is 1. The molecule has 0 amide bonds. The Morgan fingerprint density at radius 2 is 2.13 bits per heavy atom. The van der Waals surface area contributed by atoms with Crippen LogP contribution in [0.1, 0.15) is 11.1 Å². The predicted molar refractivity (Wildman–Crippen MR) is 57.7 cm³/mol. The highest BCUT2D eigenvalue weighted by Crippen LogP contribution is 2.28. The SMILES string of the molecule is COc1ccc2nccc(C)c2c1C#N. The molecular weight excluding hydrogens is 188 g/mol. The summed E-state index contributed by atoms with van der Waals surface area (Å²) in [5, 5.41) is 9.99. The van der Waals surface area contributed by atoms with Gasteiger partial charge in [-0.15, -0.1) is 0 Å². The monoisotopic (exact) mass is 198 g/mol. The van der Waals surface area contributed by atoms with E-state index < -0.39 is 0 Å². The lowest BCUT2D eigenvalue weighted by Crippen LogP contribution is -1.92. The summed E-state index contributed by atoms with van der Waals surface area (Å²) < 4.78 is 5.15. The molecule has 0 unspecified atom stereocenters. The molecule has 0 bridgehead atoms. The van der Waals surface area contributed by atoms with Gasteiger partial charge in [0.2, 0.25) is 0 Å². The lowest BCUT2D eigenvalue weighted by Gasteiger charge is -2.07. The van der Waals surface area contributed by atoms with Crippen molar-refractivity contribution < 1.29 is 4.74 Å². The highest BCUT2D eigenvalue weighted by molar-refractivity contribution is 5.89. The van der Waals surface area contributed by atoms with Crippen LogP contribution in [0.5, 0.6) is 5.75 Å². The average molecular weight is 198 g/mol. The van der Waals surface area contributed by atoms with Crippen LogP contribution in [0.4, 0.5) is 0 Å². The third kappa shape index (κ3) is 1.40. The fourth-order valence-electron chi connectivity index (χ4n) is 1.67. The molecule has 1 aromatic heterocycles. The fourth-order valence-corrected chi connectivity index (χ4v) is 1.67. The second kappa shape index (κ2) is 3.58. The van der Waals surface area contributed by atoms with E-state index in [4.69, 9.17) is 10.00 Å². The molecule has 0 N–H and O–H groups in total. The summed E-state index contributed by atoms with van der Waals surface area (Å²) in [6.07, 6.45) is 1.74. The third-order valence-electron chi connectivity index (χ3n) is 2.41. The molecule has 3 nitrogen and oxygen atoms in total. The number of nitriles is 1. The van der Waals surface area contributed by atoms with Crippen molar-refractivity contribution in [2.75, 3.05) is 7.11 Å². The topological polar surface area (TPSA) is 45.9 Å². The summed E-state index contributed by atoms with van der Waals surface area (Å²) in [6.45, 7) is 1.96. The predicted octanol–water partition coefficient (Wildman–Crippen LogP) is 2.42. The Morgan fingerprint density at radius 3 is 2.80 bits per heavy atom. The van der Waals surface area contributed by atoms with Gasteiger partial charge < -0.3 is 4.74 Å². The maximum atomic E-state index is 9.11. The lowest BCUT2D eigenvalue weighted by atomic mass is 10.0. The van der Waals surface area contributed by atoms with Gasteiger partial charge in [-0.25, -0.2) is 0 Å². The average Bonchev–Trinajstić information content (AvgIpc) is 2.28. The summed E-state index contributed by atoms with van der Waals surface area (Å²) in [5.74, 6) is 0.598. The number of benzene rings is 1. The van der Waals surface area contributed by atoms with Gasteiger partial charge in [0.05, 0.1) is 12.6 Å². The maximum absolute atomic E-state index is 9.11. The van der Waals surface area contributed by atoms with E-state index in [0.717, 1.165) is 16.5 Å². The minimum atomic E-state index is 0.556. The minimum Gasteiger partial charge on any atom is -0.495 e. The third-order valence-corrected chi connectivity index (χ3v) is 2.41. The molecule has 0 aliphatic heterocycles. The van der Waals surface area contributed by atoms with Gasteiger partial charge in [0.15, 0.2) is 0 Å². The van der Waals surface area contributed by atoms with Crippen LogP contribution in [-0.2, 0) is 0 Å². The Morgan fingerprint density at radius 1 is 1.33 bits per heavy atom. The van der Waals surface area contributed by atoms with Crippen LogP contribution in [0.15, 0.2) is 24.4 Å². The van der Waals surface area contributed by atoms with Crippen LogP contribution in [0.3, 0.4) is 0 Å². The van der Waals surface area contributed by atoms with Crippen LogP contribution in [0.25, 0.3) is 10.9 Å². The van der Waals surface area contributed by atoms with Crippen LogP contribution in [-0.4, -0.2) is 12.1 Å². The van der Waals surface area contributed by atoms with Crippen molar-refractivity contribution in [1.82, 2.24) is 4.98 Å². The first-order valence-electron chi connectivity index (χ1n) is 4.60. The summed E-state index contributed by atoms with van der Waals surface area (Å²) in [4.78, 5) is 4.22. The second-order valence-electron chi connectivity index (χ2n) is 3.28. The van der Waals surface area contributed by atoms with Crippen LogP contribution >= 0.6 is 0 Å². The molecule has 1 aromatic carbocycles. The first-order valence-corrected chi connectivity index (χ1v) is 4.60. The molecular formula is C12H10N2O. The van der Waals surface area contributed by atoms with Gasteiger partial charge >= 0.3 is 0 Å². The first-order chi connectivity index (χ1) is 7.27. The molecule has 2 aromatic rings. The zero-order valence-corrected chi connectivity index (χ0v) is 8.61. The molecule has 0 saturated heterocycles. The van der Waals surface area contributed by atoms with Gasteiger partial charge in [0, 0.05) is 11.6 Å². The molecule has 0 aliphatic rings. The standard InChI is InChI=1S/C12H10N2O/c1-8-5-6-14-10-3-4-11(15-2)9(7-13)12(8)10/h3-6H,1-2H3. The number of fused-ring (bicyclic) bond motifs is 1. The van der Waals surface area contributed by atoms with E-state index in [1.165, 1.54) is 0 Å². The maximum Gasteiger partial charge on any atom is 0.137 e.